The van der Waals surface area contributed by atoms with Crippen LogP contribution in [0.5, 0.6) is 0 Å². The van der Waals surface area contributed by atoms with Gasteiger partial charge in [-0.15, -0.1) is 0 Å². The zero-order valence-corrected chi connectivity index (χ0v) is 17.5. The summed E-state index contributed by atoms with van der Waals surface area (Å²) in [6.45, 7) is 3.73. The Morgan fingerprint density at radius 1 is 1.22 bits per heavy atom. The summed E-state index contributed by atoms with van der Waals surface area (Å²) in [4.78, 5) is 19.7. The van der Waals surface area contributed by atoms with Gasteiger partial charge in [0.25, 0.3) is 6.43 Å². The predicted octanol–water partition coefficient (Wildman–Crippen LogP) is 4.68. The van der Waals surface area contributed by atoms with Crippen molar-refractivity contribution in [3.8, 4) is 0 Å². The van der Waals surface area contributed by atoms with E-state index in [0.717, 1.165) is 11.6 Å². The Morgan fingerprint density at radius 3 is 2.56 bits per heavy atom. The highest BCUT2D eigenvalue weighted by atomic mass is 19.4. The fraction of sp³-hybridized carbons (Fsp3) is 0.455. The molecule has 0 spiro atoms. The van der Waals surface area contributed by atoms with Crippen molar-refractivity contribution in [3.05, 3.63) is 59.3 Å². The molecule has 1 aliphatic rings. The molecule has 2 aromatic rings. The van der Waals surface area contributed by atoms with Crippen molar-refractivity contribution in [1.82, 2.24) is 9.88 Å². The fourth-order valence-electron chi connectivity index (χ4n) is 3.83. The maximum Gasteiger partial charge on any atom is 0.418 e. The molecule has 0 aliphatic carbocycles. The number of benzene rings is 1. The molecular formula is C22H24F5N3O2. The van der Waals surface area contributed by atoms with Crippen LogP contribution in [0.2, 0.25) is 0 Å². The number of anilines is 1. The number of pyridine rings is 1. The number of rotatable bonds is 7. The first-order chi connectivity index (χ1) is 15.2. The van der Waals surface area contributed by atoms with Crippen LogP contribution in [0.25, 0.3) is 0 Å². The first kappa shape index (κ1) is 23.9. The summed E-state index contributed by atoms with van der Waals surface area (Å²) in [5, 5.41) is 0. The number of esters is 1. The van der Waals surface area contributed by atoms with Crippen LogP contribution in [-0.2, 0) is 22.3 Å². The Balaban J connectivity index is 1.86. The minimum atomic E-state index is -4.93. The second-order valence-electron chi connectivity index (χ2n) is 7.51. The third-order valence-electron chi connectivity index (χ3n) is 5.28. The molecule has 2 heterocycles. The fourth-order valence-corrected chi connectivity index (χ4v) is 3.83. The average Bonchev–Trinajstić information content (AvgIpc) is 2.74. The molecule has 0 bridgehead atoms. The molecule has 10 heteroatoms. The summed E-state index contributed by atoms with van der Waals surface area (Å²) >= 11 is 0. The van der Waals surface area contributed by atoms with Gasteiger partial charge in [-0.3, -0.25) is 9.69 Å². The molecule has 5 nitrogen and oxygen atoms in total. The highest BCUT2D eigenvalue weighted by molar-refractivity contribution is 5.71. The van der Waals surface area contributed by atoms with Crippen molar-refractivity contribution < 1.29 is 31.5 Å². The molecule has 1 fully saturated rings. The molecular weight excluding hydrogens is 433 g/mol. The molecule has 1 atom stereocenters. The SMILES string of the molecule is CCOC(=O)C[C@H]1CN(Cc2ccccc2)CCN1c1cc(C(F)F)c(C(F)(F)F)cn1. The first-order valence-electron chi connectivity index (χ1n) is 10.2. The van der Waals surface area contributed by atoms with E-state index in [2.05, 4.69) is 9.88 Å². The molecule has 0 saturated carbocycles. The maximum atomic E-state index is 13.4. The number of aromatic nitrogens is 1. The Kier molecular flexibility index (Phi) is 7.65. The van der Waals surface area contributed by atoms with Gasteiger partial charge in [-0.2, -0.15) is 13.2 Å². The Labute approximate surface area is 182 Å². The van der Waals surface area contributed by atoms with Gasteiger partial charge in [-0.25, -0.2) is 13.8 Å². The van der Waals surface area contributed by atoms with E-state index >= 15 is 0 Å². The third-order valence-corrected chi connectivity index (χ3v) is 5.28. The van der Waals surface area contributed by atoms with Crippen LogP contribution in [0.3, 0.4) is 0 Å². The van der Waals surface area contributed by atoms with E-state index in [1.165, 1.54) is 0 Å². The summed E-state index contributed by atoms with van der Waals surface area (Å²) in [5.41, 5.74) is -1.51. The smallest absolute Gasteiger partial charge is 0.418 e. The van der Waals surface area contributed by atoms with E-state index < -0.39 is 35.7 Å². The number of piperazine rings is 1. The van der Waals surface area contributed by atoms with Crippen molar-refractivity contribution in [1.29, 1.82) is 0 Å². The number of alkyl halides is 5. The summed E-state index contributed by atoms with van der Waals surface area (Å²) < 4.78 is 71.2. The van der Waals surface area contributed by atoms with Gasteiger partial charge >= 0.3 is 12.1 Å². The number of carbonyl (C=O) groups is 1. The molecule has 1 saturated heterocycles. The molecule has 0 radical (unpaired) electrons. The summed E-state index contributed by atoms with van der Waals surface area (Å²) in [6, 6.07) is 9.97. The summed E-state index contributed by atoms with van der Waals surface area (Å²) in [7, 11) is 0. The molecule has 0 amide bonds. The molecule has 32 heavy (non-hydrogen) atoms. The quantitative estimate of drug-likeness (QED) is 0.446. The molecule has 174 valence electrons. The Bertz CT molecular complexity index is 908. The van der Waals surface area contributed by atoms with Crippen molar-refractivity contribution >= 4 is 11.8 Å². The van der Waals surface area contributed by atoms with Gasteiger partial charge in [-0.1, -0.05) is 30.3 Å². The Morgan fingerprint density at radius 2 is 1.94 bits per heavy atom. The van der Waals surface area contributed by atoms with Gasteiger partial charge in [0.1, 0.15) is 5.82 Å². The number of carbonyl (C=O) groups excluding carboxylic acids is 1. The lowest BCUT2D eigenvalue weighted by Crippen LogP contribution is -2.54. The van der Waals surface area contributed by atoms with Crippen molar-refractivity contribution in [3.63, 3.8) is 0 Å². The van der Waals surface area contributed by atoms with E-state index in [0.29, 0.717) is 32.4 Å². The number of ether oxygens (including phenoxy) is 1. The second-order valence-corrected chi connectivity index (χ2v) is 7.51. The van der Waals surface area contributed by atoms with Crippen LogP contribution in [0.15, 0.2) is 42.6 Å². The van der Waals surface area contributed by atoms with E-state index in [1.54, 1.807) is 11.8 Å². The van der Waals surface area contributed by atoms with Crippen LogP contribution in [0.4, 0.5) is 27.8 Å². The van der Waals surface area contributed by atoms with Gasteiger partial charge in [0.2, 0.25) is 0 Å². The van der Waals surface area contributed by atoms with Crippen LogP contribution in [0.1, 0.15) is 36.5 Å². The predicted molar refractivity (Wildman–Crippen MR) is 108 cm³/mol. The Hall–Kier alpha value is -2.75. The highest BCUT2D eigenvalue weighted by Crippen LogP contribution is 2.37. The number of nitrogens with zero attached hydrogens (tertiary/aromatic N) is 3. The topological polar surface area (TPSA) is 45.7 Å². The molecule has 3 rings (SSSR count). The lowest BCUT2D eigenvalue weighted by molar-refractivity contribution is -0.143. The van der Waals surface area contributed by atoms with Crippen LogP contribution < -0.4 is 4.90 Å². The number of hydrogen-bond acceptors (Lipinski definition) is 5. The van der Waals surface area contributed by atoms with Gasteiger partial charge in [0.05, 0.1) is 24.6 Å². The standard InChI is InChI=1S/C22H24F5N3O2/c1-2-32-20(31)10-16-14-29(13-15-6-4-3-5-7-15)8-9-30(16)19-11-17(21(23)24)18(12-28-19)22(25,26)27/h3-7,11-12,16,21H,2,8-10,13-14H2,1H3/t16-/m0/s1. The summed E-state index contributed by atoms with van der Waals surface area (Å²) in [6.07, 6.45) is -7.84. The lowest BCUT2D eigenvalue weighted by Gasteiger charge is -2.42. The third kappa shape index (κ3) is 5.93. The molecule has 1 aromatic heterocycles. The highest BCUT2D eigenvalue weighted by Gasteiger charge is 2.38. The lowest BCUT2D eigenvalue weighted by atomic mass is 10.1. The molecule has 0 unspecified atom stereocenters. The number of hydrogen-bond donors (Lipinski definition) is 0. The van der Waals surface area contributed by atoms with Gasteiger partial charge in [0.15, 0.2) is 0 Å². The van der Waals surface area contributed by atoms with Crippen molar-refractivity contribution in [2.24, 2.45) is 0 Å². The average molecular weight is 457 g/mol. The minimum absolute atomic E-state index is 0.0121. The van der Waals surface area contributed by atoms with Crippen molar-refractivity contribution in [2.45, 2.75) is 38.5 Å². The van der Waals surface area contributed by atoms with Crippen LogP contribution >= 0.6 is 0 Å². The minimum Gasteiger partial charge on any atom is -0.466 e. The zero-order valence-electron chi connectivity index (χ0n) is 17.5. The van der Waals surface area contributed by atoms with Gasteiger partial charge in [-0.05, 0) is 18.6 Å². The van der Waals surface area contributed by atoms with Crippen LogP contribution in [-0.4, -0.2) is 48.1 Å². The molecule has 1 aromatic carbocycles. The molecule has 1 aliphatic heterocycles. The van der Waals surface area contributed by atoms with Crippen LogP contribution in [0, 0.1) is 0 Å². The van der Waals surface area contributed by atoms with Crippen molar-refractivity contribution in [2.75, 3.05) is 31.1 Å². The molecule has 0 N–H and O–H groups in total. The van der Waals surface area contributed by atoms with Gasteiger partial charge < -0.3 is 9.64 Å². The largest absolute Gasteiger partial charge is 0.466 e. The van der Waals surface area contributed by atoms with Gasteiger partial charge in [0, 0.05) is 37.9 Å². The zero-order chi connectivity index (χ0) is 23.3. The van der Waals surface area contributed by atoms with E-state index in [-0.39, 0.29) is 18.8 Å². The number of halogens is 5. The summed E-state index contributed by atoms with van der Waals surface area (Å²) in [5.74, 6) is -0.480. The second kappa shape index (κ2) is 10.2. The maximum absolute atomic E-state index is 13.4. The van der Waals surface area contributed by atoms with E-state index in [9.17, 15) is 26.7 Å². The first-order valence-corrected chi connectivity index (χ1v) is 10.2. The van der Waals surface area contributed by atoms with E-state index in [4.69, 9.17) is 4.74 Å². The normalized spacial score (nSPS) is 17.6. The van der Waals surface area contributed by atoms with E-state index in [1.807, 2.05) is 30.3 Å². The monoisotopic (exact) mass is 457 g/mol.